The van der Waals surface area contributed by atoms with Crippen molar-refractivity contribution < 1.29 is 4.12 Å². The van der Waals surface area contributed by atoms with E-state index in [2.05, 4.69) is 112 Å². The predicted octanol–water partition coefficient (Wildman–Crippen LogP) is 3.53. The monoisotopic (exact) mass is 466 g/mol. The standard InChI is InChI=1S/C23H34OSi5/c1-6-19-26-25-24-29(22-15-11-9-12-16-22,23-17-13-10-14-18-23)27(4,5)28(26,20-7-2)21-8-3/h6-18,26H,1-3,19-21,25H2,4-5H3. The Morgan fingerprint density at radius 3 is 1.72 bits per heavy atom. The van der Waals surface area contributed by atoms with Crippen LogP contribution in [0.4, 0.5) is 0 Å². The van der Waals surface area contributed by atoms with E-state index in [0.717, 1.165) is 0 Å². The van der Waals surface area contributed by atoms with Crippen molar-refractivity contribution in [1.29, 1.82) is 0 Å². The van der Waals surface area contributed by atoms with Crippen LogP contribution in [-0.4, -0.2) is 39.2 Å². The molecule has 1 atom stereocenters. The maximum atomic E-state index is 7.39. The van der Waals surface area contributed by atoms with Gasteiger partial charge < -0.3 is 4.12 Å². The van der Waals surface area contributed by atoms with Crippen LogP contribution in [0.2, 0.25) is 31.2 Å². The van der Waals surface area contributed by atoms with Crippen molar-refractivity contribution in [3.05, 3.63) is 98.6 Å². The summed E-state index contributed by atoms with van der Waals surface area (Å²) in [5, 5.41) is 2.98. The summed E-state index contributed by atoms with van der Waals surface area (Å²) < 4.78 is 7.39. The van der Waals surface area contributed by atoms with E-state index in [9.17, 15) is 0 Å². The predicted molar refractivity (Wildman–Crippen MR) is 143 cm³/mol. The Hall–Kier alpha value is -1.30. The zero-order valence-corrected chi connectivity index (χ0v) is 23.5. The normalized spacial score (nSPS) is 22.6. The molecule has 0 aliphatic carbocycles. The fourth-order valence-corrected chi connectivity index (χ4v) is 114. The van der Waals surface area contributed by atoms with Crippen molar-refractivity contribution in [3.8, 4) is 0 Å². The van der Waals surface area contributed by atoms with Crippen LogP contribution in [0.3, 0.4) is 0 Å². The molecule has 152 valence electrons. The van der Waals surface area contributed by atoms with Crippen LogP contribution in [0.15, 0.2) is 98.6 Å². The first-order chi connectivity index (χ1) is 14.0. The number of hydrogen-bond donors (Lipinski definition) is 0. The highest BCUT2D eigenvalue weighted by molar-refractivity contribution is 7.90. The topological polar surface area (TPSA) is 9.23 Å². The van der Waals surface area contributed by atoms with E-state index < -0.39 is 39.2 Å². The lowest BCUT2D eigenvalue weighted by atomic mass is 10.4. The second-order valence-electron chi connectivity index (χ2n) is 8.71. The van der Waals surface area contributed by atoms with E-state index in [0.29, 0.717) is 0 Å². The third-order valence-electron chi connectivity index (χ3n) is 7.24. The van der Waals surface area contributed by atoms with Crippen LogP contribution >= 0.6 is 0 Å². The summed E-state index contributed by atoms with van der Waals surface area (Å²) in [6.45, 7) is 18.0. The lowest BCUT2D eigenvalue weighted by molar-refractivity contribution is 0.638. The van der Waals surface area contributed by atoms with Gasteiger partial charge in [-0.15, -0.1) is 19.7 Å². The molecule has 2 aromatic carbocycles. The molecule has 1 aliphatic heterocycles. The Kier molecular flexibility index (Phi) is 7.13. The lowest BCUT2D eigenvalue weighted by Crippen LogP contribution is -2.92. The average molecular weight is 467 g/mol. The fraction of sp³-hybridized carbons (Fsp3) is 0.217. The van der Waals surface area contributed by atoms with Gasteiger partial charge in [-0.3, -0.25) is 0 Å². The number of hydrogen-bond acceptors (Lipinski definition) is 1. The van der Waals surface area contributed by atoms with Gasteiger partial charge in [-0.25, -0.2) is 0 Å². The fourth-order valence-electron chi connectivity index (χ4n) is 5.76. The summed E-state index contributed by atoms with van der Waals surface area (Å²) in [5.74, 6) is 0. The van der Waals surface area contributed by atoms with Crippen LogP contribution < -0.4 is 10.4 Å². The van der Waals surface area contributed by atoms with Gasteiger partial charge in [-0.05, 0) is 28.5 Å². The van der Waals surface area contributed by atoms with E-state index in [1.807, 2.05) is 0 Å². The molecule has 29 heavy (non-hydrogen) atoms. The Labute approximate surface area is 183 Å². The maximum Gasteiger partial charge on any atom is 0.225 e. The minimum Gasteiger partial charge on any atom is -0.459 e. The number of rotatable bonds is 8. The van der Waals surface area contributed by atoms with E-state index >= 15 is 0 Å². The van der Waals surface area contributed by atoms with E-state index in [-0.39, 0.29) is 0 Å². The molecule has 1 fully saturated rings. The second-order valence-corrected chi connectivity index (χ2v) is 49.0. The van der Waals surface area contributed by atoms with Crippen molar-refractivity contribution in [3.63, 3.8) is 0 Å². The van der Waals surface area contributed by atoms with Crippen molar-refractivity contribution >= 4 is 49.5 Å². The molecular formula is C23H34OSi5. The molecule has 1 heterocycles. The number of benzene rings is 2. The molecule has 0 N–H and O–H groups in total. The first kappa shape index (κ1) is 22.4. The molecule has 0 spiro atoms. The molecule has 0 amide bonds. The molecule has 1 nitrogen and oxygen atoms in total. The highest BCUT2D eigenvalue weighted by atomic mass is 29.9. The third-order valence-corrected chi connectivity index (χ3v) is 81.2. The van der Waals surface area contributed by atoms with Gasteiger partial charge in [0.15, 0.2) is 0 Å². The first-order valence-electron chi connectivity index (χ1n) is 10.6. The quantitative estimate of drug-likeness (QED) is 0.427. The van der Waals surface area contributed by atoms with E-state index in [1.165, 1.54) is 28.5 Å². The van der Waals surface area contributed by atoms with Gasteiger partial charge in [0.05, 0.1) is 14.9 Å². The summed E-state index contributed by atoms with van der Waals surface area (Å²) in [7, 11) is -7.22. The van der Waals surface area contributed by atoms with Gasteiger partial charge in [0.2, 0.25) is 7.83 Å². The Bertz CT molecular complexity index is 801. The molecule has 0 aromatic heterocycles. The second kappa shape index (κ2) is 9.24. The lowest BCUT2D eigenvalue weighted by Gasteiger charge is -2.60. The Balaban J connectivity index is 2.33. The van der Waals surface area contributed by atoms with Crippen LogP contribution in [0.5, 0.6) is 0 Å². The first-order valence-corrected chi connectivity index (χ1v) is 26.4. The molecule has 1 unspecified atom stereocenters. The molecule has 0 bridgehead atoms. The Morgan fingerprint density at radius 2 is 1.31 bits per heavy atom. The SMILES string of the molecule is C=CC[SiH]1[SiH2]O[Si](c2ccccc2)(c2ccccc2)[Si](C)(C)[Si]1(CC=C)CC=C. The van der Waals surface area contributed by atoms with Crippen LogP contribution in [0, 0.1) is 0 Å². The highest BCUT2D eigenvalue weighted by Gasteiger charge is 2.68. The summed E-state index contributed by atoms with van der Waals surface area (Å²) in [4.78, 5) is 0. The molecule has 0 saturated carbocycles. The van der Waals surface area contributed by atoms with Crippen LogP contribution in [0.1, 0.15) is 0 Å². The summed E-state index contributed by atoms with van der Waals surface area (Å²) in [5.41, 5.74) is 0. The Morgan fingerprint density at radius 1 is 0.828 bits per heavy atom. The van der Waals surface area contributed by atoms with Crippen LogP contribution in [0.25, 0.3) is 0 Å². The van der Waals surface area contributed by atoms with Gasteiger partial charge >= 0.3 is 0 Å². The van der Waals surface area contributed by atoms with Gasteiger partial charge in [0, 0.05) is 7.11 Å². The zero-order valence-electron chi connectivity index (χ0n) is 17.9. The van der Waals surface area contributed by atoms with Crippen molar-refractivity contribution in [2.24, 2.45) is 0 Å². The average Bonchev–Trinajstić information content (AvgIpc) is 2.73. The largest absolute Gasteiger partial charge is 0.459 e. The van der Waals surface area contributed by atoms with Gasteiger partial charge in [-0.2, -0.15) is 0 Å². The minimum atomic E-state index is -2.28. The molecule has 2 aromatic rings. The highest BCUT2D eigenvalue weighted by Crippen LogP contribution is 2.41. The van der Waals surface area contributed by atoms with Crippen LogP contribution in [-0.2, 0) is 4.12 Å². The maximum absolute atomic E-state index is 7.39. The summed E-state index contributed by atoms with van der Waals surface area (Å²) in [6.07, 6.45) is 6.70. The summed E-state index contributed by atoms with van der Waals surface area (Å²) >= 11 is 0. The zero-order chi connectivity index (χ0) is 21.0. The van der Waals surface area contributed by atoms with Crippen molar-refractivity contribution in [2.45, 2.75) is 31.2 Å². The van der Waals surface area contributed by atoms with E-state index in [4.69, 9.17) is 4.12 Å². The van der Waals surface area contributed by atoms with Gasteiger partial charge in [0.1, 0.15) is 9.28 Å². The molecule has 1 saturated heterocycles. The third kappa shape index (κ3) is 3.56. The molecule has 6 heteroatoms. The molecule has 3 rings (SSSR count). The van der Waals surface area contributed by atoms with Crippen molar-refractivity contribution in [2.75, 3.05) is 0 Å². The molecular weight excluding hydrogens is 433 g/mol. The minimum absolute atomic E-state index is 0.564. The smallest absolute Gasteiger partial charge is 0.225 e. The van der Waals surface area contributed by atoms with Crippen molar-refractivity contribution in [1.82, 2.24) is 0 Å². The van der Waals surface area contributed by atoms with Gasteiger partial charge in [-0.1, -0.05) is 92.0 Å². The molecule has 1 aliphatic rings. The summed E-state index contributed by atoms with van der Waals surface area (Å²) in [6, 6.07) is 26.3. The van der Waals surface area contributed by atoms with E-state index in [1.54, 1.807) is 0 Å². The molecule has 0 radical (unpaired) electrons. The van der Waals surface area contributed by atoms with Gasteiger partial charge in [0.25, 0.3) is 0 Å². The number of allylic oxidation sites excluding steroid dienone is 3.